The lowest BCUT2D eigenvalue weighted by molar-refractivity contribution is -0.117. The average Bonchev–Trinajstić information content (AvgIpc) is 2.76. The molecule has 0 fully saturated rings. The fourth-order valence-electron chi connectivity index (χ4n) is 2.73. The molecule has 0 aromatic heterocycles. The summed E-state index contributed by atoms with van der Waals surface area (Å²) in [6, 6.07) is 10.9. The molecule has 0 radical (unpaired) electrons. The van der Waals surface area contributed by atoms with Crippen LogP contribution in [0.4, 0.5) is 4.39 Å². The predicted molar refractivity (Wildman–Crippen MR) is 124 cm³/mol. The quantitative estimate of drug-likeness (QED) is 0.448. The zero-order valence-electron chi connectivity index (χ0n) is 19.4. The van der Waals surface area contributed by atoms with Gasteiger partial charge in [0.25, 0.3) is 11.8 Å². The highest BCUT2D eigenvalue weighted by Crippen LogP contribution is 2.19. The molecule has 33 heavy (non-hydrogen) atoms. The summed E-state index contributed by atoms with van der Waals surface area (Å²) in [6.07, 6.45) is 1.48. The van der Waals surface area contributed by atoms with Gasteiger partial charge in [-0.3, -0.25) is 9.59 Å². The standard InChI is InChI=1S/C25H31FN2O5/c1-16(2)15-32-20-9-10-21(22(26)14-20)24(30)28-23(25(31)27-11-12-29)13-18-5-7-19(8-6-18)33-17(3)4/h5-10,13-14,16-17,29H,11-12,15H2,1-4H3,(H,27,31)(H,28,30). The first-order valence-corrected chi connectivity index (χ1v) is 10.8. The van der Waals surface area contributed by atoms with Crippen molar-refractivity contribution in [2.45, 2.75) is 33.8 Å². The lowest BCUT2D eigenvalue weighted by Crippen LogP contribution is -2.36. The van der Waals surface area contributed by atoms with Gasteiger partial charge in [0.2, 0.25) is 0 Å². The van der Waals surface area contributed by atoms with E-state index in [1.807, 2.05) is 27.7 Å². The van der Waals surface area contributed by atoms with Crippen molar-refractivity contribution in [1.82, 2.24) is 10.6 Å². The van der Waals surface area contributed by atoms with Crippen LogP contribution in [0.3, 0.4) is 0 Å². The smallest absolute Gasteiger partial charge is 0.267 e. The lowest BCUT2D eigenvalue weighted by Gasteiger charge is -2.13. The molecule has 2 amide bonds. The van der Waals surface area contributed by atoms with Gasteiger partial charge in [-0.05, 0) is 55.7 Å². The summed E-state index contributed by atoms with van der Waals surface area (Å²) in [7, 11) is 0. The maximum Gasteiger partial charge on any atom is 0.267 e. The second kappa shape index (κ2) is 12.6. The molecular formula is C25H31FN2O5. The van der Waals surface area contributed by atoms with Crippen LogP contribution in [0.5, 0.6) is 11.5 Å². The van der Waals surface area contributed by atoms with Gasteiger partial charge in [-0.2, -0.15) is 0 Å². The molecule has 0 aliphatic heterocycles. The van der Waals surface area contributed by atoms with Gasteiger partial charge in [0.05, 0.1) is 24.9 Å². The monoisotopic (exact) mass is 458 g/mol. The van der Waals surface area contributed by atoms with Crippen molar-refractivity contribution in [3.8, 4) is 11.5 Å². The number of carbonyl (C=O) groups excluding carboxylic acids is 2. The van der Waals surface area contributed by atoms with Crippen LogP contribution in [0.1, 0.15) is 43.6 Å². The number of aliphatic hydroxyl groups excluding tert-OH is 1. The summed E-state index contributed by atoms with van der Waals surface area (Å²) in [5, 5.41) is 13.9. The average molecular weight is 459 g/mol. The molecule has 0 spiro atoms. The summed E-state index contributed by atoms with van der Waals surface area (Å²) >= 11 is 0. The number of rotatable bonds is 11. The van der Waals surface area contributed by atoms with Gasteiger partial charge < -0.3 is 25.2 Å². The van der Waals surface area contributed by atoms with Gasteiger partial charge in [0.1, 0.15) is 23.0 Å². The molecule has 0 aliphatic carbocycles. The number of ether oxygens (including phenoxy) is 2. The van der Waals surface area contributed by atoms with E-state index in [4.69, 9.17) is 14.6 Å². The fraction of sp³-hybridized carbons (Fsp3) is 0.360. The maximum absolute atomic E-state index is 14.5. The van der Waals surface area contributed by atoms with E-state index in [-0.39, 0.29) is 36.4 Å². The van der Waals surface area contributed by atoms with Crippen LogP contribution in [0, 0.1) is 11.7 Å². The van der Waals surface area contributed by atoms with E-state index >= 15 is 0 Å². The molecule has 0 aliphatic rings. The van der Waals surface area contributed by atoms with Crippen LogP contribution in [0.15, 0.2) is 48.2 Å². The Hall–Kier alpha value is -3.39. The van der Waals surface area contributed by atoms with Gasteiger partial charge in [-0.1, -0.05) is 26.0 Å². The van der Waals surface area contributed by atoms with E-state index in [1.54, 1.807) is 24.3 Å². The van der Waals surface area contributed by atoms with E-state index in [0.717, 1.165) is 6.07 Å². The first-order valence-electron chi connectivity index (χ1n) is 10.8. The van der Waals surface area contributed by atoms with E-state index in [2.05, 4.69) is 10.6 Å². The van der Waals surface area contributed by atoms with E-state index in [1.165, 1.54) is 18.2 Å². The summed E-state index contributed by atoms with van der Waals surface area (Å²) in [5.41, 5.74) is 0.303. The van der Waals surface area contributed by atoms with Crippen LogP contribution in [0.2, 0.25) is 0 Å². The molecule has 0 atom stereocenters. The van der Waals surface area contributed by atoms with E-state index in [9.17, 15) is 14.0 Å². The van der Waals surface area contributed by atoms with Crippen LogP contribution >= 0.6 is 0 Å². The minimum absolute atomic E-state index is 0.00343. The third-order valence-corrected chi connectivity index (χ3v) is 4.22. The predicted octanol–water partition coefficient (Wildman–Crippen LogP) is 3.53. The van der Waals surface area contributed by atoms with Crippen molar-refractivity contribution in [2.75, 3.05) is 19.8 Å². The number of benzene rings is 2. The third kappa shape index (κ3) is 8.57. The zero-order chi connectivity index (χ0) is 24.4. The summed E-state index contributed by atoms with van der Waals surface area (Å²) in [6.45, 7) is 7.93. The van der Waals surface area contributed by atoms with Gasteiger partial charge >= 0.3 is 0 Å². The highest BCUT2D eigenvalue weighted by Gasteiger charge is 2.18. The number of nitrogens with one attached hydrogen (secondary N) is 2. The molecule has 2 rings (SSSR count). The summed E-state index contributed by atoms with van der Waals surface area (Å²) < 4.78 is 25.6. The number of amides is 2. The molecule has 0 heterocycles. The Morgan fingerprint density at radius 3 is 2.30 bits per heavy atom. The Balaban J connectivity index is 2.23. The summed E-state index contributed by atoms with van der Waals surface area (Å²) in [4.78, 5) is 25.2. The first-order chi connectivity index (χ1) is 15.7. The maximum atomic E-state index is 14.5. The minimum atomic E-state index is -0.784. The molecular weight excluding hydrogens is 427 g/mol. The van der Waals surface area contributed by atoms with Crippen LogP contribution < -0.4 is 20.1 Å². The second-order valence-electron chi connectivity index (χ2n) is 8.07. The van der Waals surface area contributed by atoms with Gasteiger partial charge in [-0.25, -0.2) is 4.39 Å². The first kappa shape index (κ1) is 25.9. The Morgan fingerprint density at radius 2 is 1.73 bits per heavy atom. The van der Waals surface area contributed by atoms with Gasteiger partial charge in [0, 0.05) is 12.6 Å². The van der Waals surface area contributed by atoms with Crippen molar-refractivity contribution < 1.29 is 28.6 Å². The molecule has 7 nitrogen and oxygen atoms in total. The molecule has 0 unspecified atom stereocenters. The molecule has 2 aromatic rings. The number of hydrogen-bond acceptors (Lipinski definition) is 5. The van der Waals surface area contributed by atoms with Crippen molar-refractivity contribution in [2.24, 2.45) is 5.92 Å². The highest BCUT2D eigenvalue weighted by atomic mass is 19.1. The molecule has 3 N–H and O–H groups in total. The van der Waals surface area contributed by atoms with Crippen molar-refractivity contribution in [1.29, 1.82) is 0 Å². The van der Waals surface area contributed by atoms with Crippen LogP contribution in [-0.2, 0) is 4.79 Å². The summed E-state index contributed by atoms with van der Waals surface area (Å²) in [5.74, 6) is -0.909. The Kier molecular flexibility index (Phi) is 9.87. The van der Waals surface area contributed by atoms with Crippen LogP contribution in [0.25, 0.3) is 6.08 Å². The normalized spacial score (nSPS) is 11.5. The number of halogens is 1. The van der Waals surface area contributed by atoms with E-state index < -0.39 is 17.6 Å². The molecule has 0 saturated carbocycles. The van der Waals surface area contributed by atoms with Crippen molar-refractivity contribution >= 4 is 17.9 Å². The van der Waals surface area contributed by atoms with Crippen molar-refractivity contribution in [3.63, 3.8) is 0 Å². The lowest BCUT2D eigenvalue weighted by atomic mass is 10.1. The van der Waals surface area contributed by atoms with Gasteiger partial charge in [-0.15, -0.1) is 0 Å². The zero-order valence-corrected chi connectivity index (χ0v) is 19.4. The minimum Gasteiger partial charge on any atom is -0.493 e. The molecule has 0 bridgehead atoms. The molecule has 0 saturated heterocycles. The fourth-order valence-corrected chi connectivity index (χ4v) is 2.73. The van der Waals surface area contributed by atoms with Crippen LogP contribution in [-0.4, -0.2) is 42.8 Å². The Labute approximate surface area is 193 Å². The topological polar surface area (TPSA) is 96.9 Å². The molecule has 2 aromatic carbocycles. The van der Waals surface area contributed by atoms with Gasteiger partial charge in [0.15, 0.2) is 0 Å². The second-order valence-corrected chi connectivity index (χ2v) is 8.07. The van der Waals surface area contributed by atoms with E-state index in [0.29, 0.717) is 23.7 Å². The Bertz CT molecular complexity index is 971. The highest BCUT2D eigenvalue weighted by molar-refractivity contribution is 6.05. The number of hydrogen-bond donors (Lipinski definition) is 3. The SMILES string of the molecule is CC(C)COc1ccc(C(=O)NC(=Cc2ccc(OC(C)C)cc2)C(=O)NCCO)c(F)c1. The number of carbonyl (C=O) groups is 2. The third-order valence-electron chi connectivity index (χ3n) is 4.22. The van der Waals surface area contributed by atoms with Crippen molar-refractivity contribution in [3.05, 3.63) is 65.1 Å². The number of aliphatic hydroxyl groups is 1. The Morgan fingerprint density at radius 1 is 1.06 bits per heavy atom. The molecule has 178 valence electrons. The largest absolute Gasteiger partial charge is 0.493 e. The molecule has 8 heteroatoms.